The van der Waals surface area contributed by atoms with E-state index >= 15 is 0 Å². The fraction of sp³-hybridized carbons (Fsp3) is 0.188. The number of fused-ring (bicyclic) bond motifs is 1. The Morgan fingerprint density at radius 2 is 2.05 bits per heavy atom. The second kappa shape index (κ2) is 5.48. The SMILES string of the molecule is Cc1cc(F)c(Br)cc1NCc1nn(C)c2ccccc12. The molecule has 0 radical (unpaired) electrons. The van der Waals surface area contributed by atoms with Gasteiger partial charge in [0.2, 0.25) is 0 Å². The molecule has 0 amide bonds. The van der Waals surface area contributed by atoms with Crippen LogP contribution < -0.4 is 5.32 Å². The first-order valence-corrected chi connectivity index (χ1v) is 7.45. The van der Waals surface area contributed by atoms with Gasteiger partial charge in [-0.3, -0.25) is 4.68 Å². The van der Waals surface area contributed by atoms with E-state index in [4.69, 9.17) is 0 Å². The molecule has 3 nitrogen and oxygen atoms in total. The molecule has 5 heteroatoms. The molecule has 1 N–H and O–H groups in total. The Balaban J connectivity index is 1.89. The number of nitrogens with one attached hydrogen (secondary N) is 1. The van der Waals surface area contributed by atoms with Crippen molar-refractivity contribution in [2.75, 3.05) is 5.32 Å². The zero-order valence-electron chi connectivity index (χ0n) is 11.8. The zero-order chi connectivity index (χ0) is 15.0. The number of para-hydroxylation sites is 1. The van der Waals surface area contributed by atoms with E-state index in [0.717, 1.165) is 27.8 Å². The summed E-state index contributed by atoms with van der Waals surface area (Å²) in [5, 5.41) is 9.00. The monoisotopic (exact) mass is 347 g/mol. The smallest absolute Gasteiger partial charge is 0.137 e. The molecule has 21 heavy (non-hydrogen) atoms. The first-order chi connectivity index (χ1) is 10.1. The summed E-state index contributed by atoms with van der Waals surface area (Å²) in [5.74, 6) is -0.249. The molecule has 0 saturated heterocycles. The van der Waals surface area contributed by atoms with E-state index in [0.29, 0.717) is 11.0 Å². The summed E-state index contributed by atoms with van der Waals surface area (Å²) >= 11 is 3.22. The predicted octanol–water partition coefficient (Wildman–Crippen LogP) is 4.40. The Labute approximate surface area is 130 Å². The molecule has 3 rings (SSSR count). The van der Waals surface area contributed by atoms with Gasteiger partial charge in [0.1, 0.15) is 5.82 Å². The zero-order valence-corrected chi connectivity index (χ0v) is 13.4. The molecule has 0 atom stereocenters. The predicted molar refractivity (Wildman–Crippen MR) is 86.9 cm³/mol. The third kappa shape index (κ3) is 2.65. The van der Waals surface area contributed by atoms with Crippen molar-refractivity contribution in [3.8, 4) is 0 Å². The van der Waals surface area contributed by atoms with E-state index in [-0.39, 0.29) is 5.82 Å². The van der Waals surface area contributed by atoms with Gasteiger partial charge in [-0.25, -0.2) is 4.39 Å². The van der Waals surface area contributed by atoms with Crippen molar-refractivity contribution in [2.24, 2.45) is 7.05 Å². The number of benzene rings is 2. The van der Waals surface area contributed by atoms with Crippen molar-refractivity contribution in [3.05, 3.63) is 57.9 Å². The minimum Gasteiger partial charge on any atom is -0.379 e. The number of aryl methyl sites for hydroxylation is 2. The van der Waals surface area contributed by atoms with Crippen molar-refractivity contribution in [1.29, 1.82) is 0 Å². The number of aromatic nitrogens is 2. The fourth-order valence-electron chi connectivity index (χ4n) is 2.43. The van der Waals surface area contributed by atoms with Gasteiger partial charge in [0.15, 0.2) is 0 Å². The van der Waals surface area contributed by atoms with Gasteiger partial charge in [0.25, 0.3) is 0 Å². The maximum Gasteiger partial charge on any atom is 0.137 e. The highest BCUT2D eigenvalue weighted by Crippen LogP contribution is 2.25. The molecule has 0 unspecified atom stereocenters. The summed E-state index contributed by atoms with van der Waals surface area (Å²) in [6.45, 7) is 2.48. The number of hydrogen-bond donors (Lipinski definition) is 1. The molecule has 0 aliphatic rings. The number of nitrogens with zero attached hydrogens (tertiary/aromatic N) is 2. The van der Waals surface area contributed by atoms with E-state index in [1.807, 2.05) is 36.9 Å². The highest BCUT2D eigenvalue weighted by atomic mass is 79.9. The lowest BCUT2D eigenvalue weighted by Crippen LogP contribution is -2.03. The second-order valence-electron chi connectivity index (χ2n) is 5.02. The van der Waals surface area contributed by atoms with Gasteiger partial charge in [-0.2, -0.15) is 5.10 Å². The van der Waals surface area contributed by atoms with Crippen LogP contribution in [0.4, 0.5) is 10.1 Å². The normalized spacial score (nSPS) is 11.0. The van der Waals surface area contributed by atoms with Crippen LogP contribution in [0.15, 0.2) is 40.9 Å². The van der Waals surface area contributed by atoms with Crippen LogP contribution in [0, 0.1) is 12.7 Å². The molecule has 0 aliphatic carbocycles. The van der Waals surface area contributed by atoms with Gasteiger partial charge < -0.3 is 5.32 Å². The topological polar surface area (TPSA) is 29.9 Å². The lowest BCUT2D eigenvalue weighted by Gasteiger charge is -2.09. The van der Waals surface area contributed by atoms with E-state index in [9.17, 15) is 4.39 Å². The third-order valence-corrected chi connectivity index (χ3v) is 4.16. The first-order valence-electron chi connectivity index (χ1n) is 6.66. The van der Waals surface area contributed by atoms with E-state index in [1.54, 1.807) is 6.07 Å². The summed E-state index contributed by atoms with van der Waals surface area (Å²) in [7, 11) is 1.94. The van der Waals surface area contributed by atoms with Crippen LogP contribution in [0.2, 0.25) is 0 Å². The van der Waals surface area contributed by atoms with Gasteiger partial charge >= 0.3 is 0 Å². The molecule has 2 aromatic carbocycles. The van der Waals surface area contributed by atoms with E-state index in [2.05, 4.69) is 32.4 Å². The molecule has 0 spiro atoms. The molecular weight excluding hydrogens is 333 g/mol. The maximum absolute atomic E-state index is 13.4. The Morgan fingerprint density at radius 3 is 2.86 bits per heavy atom. The quantitative estimate of drug-likeness (QED) is 0.761. The van der Waals surface area contributed by atoms with Crippen molar-refractivity contribution < 1.29 is 4.39 Å². The van der Waals surface area contributed by atoms with Crippen LogP contribution in [0.3, 0.4) is 0 Å². The van der Waals surface area contributed by atoms with Gasteiger partial charge in [-0.05, 0) is 46.6 Å². The number of anilines is 1. The molecule has 0 fully saturated rings. The van der Waals surface area contributed by atoms with Gasteiger partial charge in [0.05, 0.1) is 22.2 Å². The minimum absolute atomic E-state index is 0.249. The minimum atomic E-state index is -0.249. The highest BCUT2D eigenvalue weighted by Gasteiger charge is 2.09. The summed E-state index contributed by atoms with van der Waals surface area (Å²) in [6, 6.07) is 11.4. The molecule has 0 aliphatic heterocycles. The average Bonchev–Trinajstić information content (AvgIpc) is 2.79. The Hall–Kier alpha value is -1.88. The van der Waals surface area contributed by atoms with Crippen LogP contribution in [0.1, 0.15) is 11.3 Å². The largest absolute Gasteiger partial charge is 0.379 e. The fourth-order valence-corrected chi connectivity index (χ4v) is 2.78. The third-order valence-electron chi connectivity index (χ3n) is 3.55. The van der Waals surface area contributed by atoms with Crippen LogP contribution in [-0.2, 0) is 13.6 Å². The Morgan fingerprint density at radius 1 is 1.29 bits per heavy atom. The summed E-state index contributed by atoms with van der Waals surface area (Å²) < 4.78 is 15.8. The van der Waals surface area contributed by atoms with Gasteiger partial charge in [0, 0.05) is 18.1 Å². The second-order valence-corrected chi connectivity index (χ2v) is 5.88. The summed E-state index contributed by atoms with van der Waals surface area (Å²) in [4.78, 5) is 0. The molecular formula is C16H15BrFN3. The number of halogens is 2. The highest BCUT2D eigenvalue weighted by molar-refractivity contribution is 9.10. The lowest BCUT2D eigenvalue weighted by molar-refractivity contribution is 0.620. The first kappa shape index (κ1) is 14.1. The average molecular weight is 348 g/mol. The Kier molecular flexibility index (Phi) is 3.68. The molecule has 0 bridgehead atoms. The van der Waals surface area contributed by atoms with Crippen LogP contribution >= 0.6 is 15.9 Å². The molecule has 108 valence electrons. The van der Waals surface area contributed by atoms with E-state index < -0.39 is 0 Å². The van der Waals surface area contributed by atoms with E-state index in [1.165, 1.54) is 6.07 Å². The van der Waals surface area contributed by atoms with Crippen molar-refractivity contribution in [3.63, 3.8) is 0 Å². The lowest BCUT2D eigenvalue weighted by atomic mass is 10.1. The van der Waals surface area contributed by atoms with Crippen LogP contribution in [-0.4, -0.2) is 9.78 Å². The van der Waals surface area contributed by atoms with Crippen molar-refractivity contribution in [1.82, 2.24) is 9.78 Å². The van der Waals surface area contributed by atoms with Crippen LogP contribution in [0.25, 0.3) is 10.9 Å². The number of rotatable bonds is 3. The molecule has 3 aromatic rings. The maximum atomic E-state index is 13.4. The molecule has 1 aromatic heterocycles. The Bertz CT molecular complexity index is 811. The van der Waals surface area contributed by atoms with Crippen molar-refractivity contribution in [2.45, 2.75) is 13.5 Å². The summed E-state index contributed by atoms with van der Waals surface area (Å²) in [6.07, 6.45) is 0. The van der Waals surface area contributed by atoms with Crippen LogP contribution in [0.5, 0.6) is 0 Å². The van der Waals surface area contributed by atoms with Gasteiger partial charge in [-0.1, -0.05) is 18.2 Å². The van der Waals surface area contributed by atoms with Crippen molar-refractivity contribution >= 4 is 32.5 Å². The summed E-state index contributed by atoms with van der Waals surface area (Å²) in [5.41, 5.74) is 3.85. The molecule has 0 saturated carbocycles. The van der Waals surface area contributed by atoms with Gasteiger partial charge in [-0.15, -0.1) is 0 Å². The standard InChI is InChI=1S/C16H15BrFN3/c1-10-7-13(18)12(17)8-14(10)19-9-15-11-5-3-4-6-16(11)21(2)20-15/h3-8,19H,9H2,1-2H3. The molecule has 1 heterocycles. The number of hydrogen-bond acceptors (Lipinski definition) is 2.